The fraction of sp³-hybridized carbons (Fsp3) is 0.286. The van der Waals surface area contributed by atoms with Crippen LogP contribution in [0.4, 0.5) is 4.39 Å². The minimum Gasteiger partial charge on any atom is -0.389 e. The second-order valence-electron chi connectivity index (χ2n) is 4.89. The number of hydrogen-bond donors (Lipinski definition) is 1. The monoisotopic (exact) mass is 290 g/mol. The average Bonchev–Trinajstić information content (AvgIpc) is 2.88. The van der Waals surface area contributed by atoms with Crippen LogP contribution in [-0.4, -0.2) is 26.0 Å². The molecule has 3 rings (SSSR count). The maximum atomic E-state index is 14.3. The van der Waals surface area contributed by atoms with E-state index in [2.05, 4.69) is 14.5 Å². The Bertz CT molecular complexity index is 652. The third-order valence-corrected chi connectivity index (χ3v) is 3.78. The van der Waals surface area contributed by atoms with Gasteiger partial charge in [0.05, 0.1) is 6.54 Å². The first-order chi connectivity index (χ1) is 9.65. The zero-order valence-corrected chi connectivity index (χ0v) is 11.7. The summed E-state index contributed by atoms with van der Waals surface area (Å²) in [7, 11) is 0. The van der Waals surface area contributed by atoms with Gasteiger partial charge in [-0.15, -0.1) is 0 Å². The number of nitrogens with two attached hydrogens (primary N) is 1. The van der Waals surface area contributed by atoms with Gasteiger partial charge in [-0.2, -0.15) is 0 Å². The van der Waals surface area contributed by atoms with Crippen molar-refractivity contribution in [2.24, 2.45) is 5.73 Å². The molecule has 1 aliphatic rings. The van der Waals surface area contributed by atoms with Gasteiger partial charge in [-0.3, -0.25) is 4.90 Å². The largest absolute Gasteiger partial charge is 0.389 e. The number of nitrogens with zero attached hydrogens (tertiary/aromatic N) is 3. The van der Waals surface area contributed by atoms with E-state index in [-0.39, 0.29) is 10.8 Å². The van der Waals surface area contributed by atoms with Gasteiger partial charge in [0, 0.05) is 43.2 Å². The molecule has 0 amide bonds. The third kappa shape index (κ3) is 2.44. The summed E-state index contributed by atoms with van der Waals surface area (Å²) in [4.78, 5) is 6.57. The van der Waals surface area contributed by atoms with Gasteiger partial charge in [0.25, 0.3) is 0 Å². The summed E-state index contributed by atoms with van der Waals surface area (Å²) in [5, 5.41) is 0. The van der Waals surface area contributed by atoms with Crippen molar-refractivity contribution < 1.29 is 4.39 Å². The summed E-state index contributed by atoms with van der Waals surface area (Å²) < 4.78 is 16.4. The maximum Gasteiger partial charge on any atom is 0.137 e. The van der Waals surface area contributed by atoms with E-state index in [1.807, 2.05) is 6.20 Å². The van der Waals surface area contributed by atoms with Gasteiger partial charge in [0.2, 0.25) is 0 Å². The molecule has 0 unspecified atom stereocenters. The molecule has 0 atom stereocenters. The molecular weight excluding hydrogens is 275 g/mol. The topological polar surface area (TPSA) is 47.1 Å². The number of imidazole rings is 1. The quantitative estimate of drug-likeness (QED) is 0.874. The predicted molar refractivity (Wildman–Crippen MR) is 78.6 cm³/mol. The third-order valence-electron chi connectivity index (χ3n) is 3.56. The minimum atomic E-state index is -0.311. The van der Waals surface area contributed by atoms with Crippen molar-refractivity contribution in [2.75, 3.05) is 6.54 Å². The lowest BCUT2D eigenvalue weighted by Crippen LogP contribution is -2.33. The summed E-state index contributed by atoms with van der Waals surface area (Å²) >= 11 is 4.86. The van der Waals surface area contributed by atoms with Crippen molar-refractivity contribution >= 4 is 17.2 Å². The Kier molecular flexibility index (Phi) is 3.50. The lowest BCUT2D eigenvalue weighted by Gasteiger charge is -2.27. The standard InChI is InChI=1S/C14H15FN4S/c15-13-10(2-1-3-11(13)14(16)20)8-18-6-7-19-5-4-17-12(19)9-18/h1-5H,6-9H2,(H2,16,20). The molecule has 2 N–H and O–H groups in total. The van der Waals surface area contributed by atoms with Crippen molar-refractivity contribution in [3.05, 3.63) is 53.4 Å². The van der Waals surface area contributed by atoms with Crippen LogP contribution >= 0.6 is 12.2 Å². The van der Waals surface area contributed by atoms with Gasteiger partial charge in [-0.1, -0.05) is 24.4 Å². The molecule has 1 aliphatic heterocycles. The number of aromatic nitrogens is 2. The van der Waals surface area contributed by atoms with Crippen molar-refractivity contribution in [1.29, 1.82) is 0 Å². The van der Waals surface area contributed by atoms with Crippen LogP contribution in [0.2, 0.25) is 0 Å². The predicted octanol–water partition coefficient (Wildman–Crippen LogP) is 1.67. The molecule has 0 bridgehead atoms. The molecule has 104 valence electrons. The highest BCUT2D eigenvalue weighted by atomic mass is 32.1. The smallest absolute Gasteiger partial charge is 0.137 e. The van der Waals surface area contributed by atoms with E-state index in [0.717, 1.165) is 25.5 Å². The molecule has 0 saturated carbocycles. The average molecular weight is 290 g/mol. The van der Waals surface area contributed by atoms with E-state index < -0.39 is 0 Å². The van der Waals surface area contributed by atoms with Gasteiger partial charge >= 0.3 is 0 Å². The van der Waals surface area contributed by atoms with E-state index in [4.69, 9.17) is 18.0 Å². The van der Waals surface area contributed by atoms with E-state index >= 15 is 0 Å². The Morgan fingerprint density at radius 1 is 1.40 bits per heavy atom. The second kappa shape index (κ2) is 5.30. The SMILES string of the molecule is NC(=S)c1cccc(CN2CCn3ccnc3C2)c1F. The lowest BCUT2D eigenvalue weighted by molar-refractivity contribution is 0.206. The van der Waals surface area contributed by atoms with Gasteiger partial charge in [-0.05, 0) is 6.07 Å². The molecular formula is C14H15FN4S. The molecule has 0 spiro atoms. The fourth-order valence-corrected chi connectivity index (χ4v) is 2.65. The summed E-state index contributed by atoms with van der Waals surface area (Å²) in [6, 6.07) is 5.18. The fourth-order valence-electron chi connectivity index (χ4n) is 2.49. The van der Waals surface area contributed by atoms with Gasteiger partial charge in [0.15, 0.2) is 0 Å². The van der Waals surface area contributed by atoms with Gasteiger partial charge in [-0.25, -0.2) is 9.37 Å². The zero-order chi connectivity index (χ0) is 14.1. The van der Waals surface area contributed by atoms with Crippen LogP contribution in [0.1, 0.15) is 17.0 Å². The van der Waals surface area contributed by atoms with Crippen LogP contribution in [0.15, 0.2) is 30.6 Å². The molecule has 0 aliphatic carbocycles. The molecule has 0 saturated heterocycles. The molecule has 0 fully saturated rings. The second-order valence-corrected chi connectivity index (χ2v) is 5.33. The van der Waals surface area contributed by atoms with Crippen LogP contribution < -0.4 is 5.73 Å². The highest BCUT2D eigenvalue weighted by Crippen LogP contribution is 2.18. The van der Waals surface area contributed by atoms with Gasteiger partial charge < -0.3 is 10.3 Å². The highest BCUT2D eigenvalue weighted by Gasteiger charge is 2.19. The number of rotatable bonds is 3. The molecule has 6 heteroatoms. The lowest BCUT2D eigenvalue weighted by atomic mass is 10.1. The molecule has 2 aromatic rings. The summed E-state index contributed by atoms with van der Waals surface area (Å²) in [6.07, 6.45) is 3.77. The normalized spacial score (nSPS) is 15.1. The minimum absolute atomic E-state index is 0.0959. The first-order valence-corrected chi connectivity index (χ1v) is 6.85. The van der Waals surface area contributed by atoms with E-state index in [1.54, 1.807) is 24.4 Å². The molecule has 1 aromatic carbocycles. The number of halogens is 1. The number of benzene rings is 1. The Hall–Kier alpha value is -1.79. The van der Waals surface area contributed by atoms with Crippen molar-refractivity contribution in [1.82, 2.24) is 14.5 Å². The summed E-state index contributed by atoms with van der Waals surface area (Å²) in [5.41, 5.74) is 6.47. The van der Waals surface area contributed by atoms with E-state index in [9.17, 15) is 4.39 Å². The van der Waals surface area contributed by atoms with Crippen LogP contribution in [0, 0.1) is 5.82 Å². The van der Waals surface area contributed by atoms with Crippen molar-refractivity contribution in [3.63, 3.8) is 0 Å². The molecule has 1 aromatic heterocycles. The summed E-state index contributed by atoms with van der Waals surface area (Å²) in [5.74, 6) is 0.705. The number of hydrogen-bond acceptors (Lipinski definition) is 3. The Balaban J connectivity index is 1.79. The van der Waals surface area contributed by atoms with Crippen LogP contribution in [0.5, 0.6) is 0 Å². The van der Waals surface area contributed by atoms with Crippen LogP contribution in [-0.2, 0) is 19.6 Å². The van der Waals surface area contributed by atoms with Crippen molar-refractivity contribution in [3.8, 4) is 0 Å². The highest BCUT2D eigenvalue weighted by molar-refractivity contribution is 7.80. The maximum absolute atomic E-state index is 14.3. The molecule has 4 nitrogen and oxygen atoms in total. The Morgan fingerprint density at radius 3 is 3.05 bits per heavy atom. The van der Waals surface area contributed by atoms with Crippen LogP contribution in [0.3, 0.4) is 0 Å². The Labute approximate surface area is 122 Å². The molecule has 2 heterocycles. The zero-order valence-electron chi connectivity index (χ0n) is 10.9. The van der Waals surface area contributed by atoms with E-state index in [1.165, 1.54) is 0 Å². The number of thiocarbonyl (C=S) groups is 1. The Morgan fingerprint density at radius 2 is 2.25 bits per heavy atom. The molecule has 0 radical (unpaired) electrons. The molecule has 20 heavy (non-hydrogen) atoms. The van der Waals surface area contributed by atoms with Crippen molar-refractivity contribution in [2.45, 2.75) is 19.6 Å². The summed E-state index contributed by atoms with van der Waals surface area (Å²) in [6.45, 7) is 3.02. The number of fused-ring (bicyclic) bond motifs is 1. The van der Waals surface area contributed by atoms with Crippen LogP contribution in [0.25, 0.3) is 0 Å². The van der Waals surface area contributed by atoms with Gasteiger partial charge in [0.1, 0.15) is 16.6 Å². The first-order valence-electron chi connectivity index (χ1n) is 6.44. The van der Waals surface area contributed by atoms with E-state index in [0.29, 0.717) is 17.7 Å². The first kappa shape index (κ1) is 13.2.